The molecule has 2 heterocycles. The third kappa shape index (κ3) is 4.88. The van der Waals surface area contributed by atoms with E-state index in [2.05, 4.69) is 39.1 Å². The number of Topliss-reactive ketones (excluding diaryl/α,β-unsaturated/α-hetero) is 1. The third-order valence-electron chi connectivity index (χ3n) is 5.80. The van der Waals surface area contributed by atoms with Crippen LogP contribution in [0.4, 0.5) is 0 Å². The molecule has 0 fully saturated rings. The van der Waals surface area contributed by atoms with E-state index in [1.54, 1.807) is 25.1 Å². The highest BCUT2D eigenvalue weighted by atomic mass is 16.1. The van der Waals surface area contributed by atoms with E-state index in [0.29, 0.717) is 24.2 Å². The Bertz CT molecular complexity index is 1370. The lowest BCUT2D eigenvalue weighted by Crippen LogP contribution is -2.27. The van der Waals surface area contributed by atoms with Crippen LogP contribution in [0.15, 0.2) is 66.9 Å². The van der Waals surface area contributed by atoms with Gasteiger partial charge in [-0.05, 0) is 43.7 Å². The van der Waals surface area contributed by atoms with Crippen LogP contribution in [-0.4, -0.2) is 33.7 Å². The maximum Gasteiger partial charge on any atom is 0.267 e. The molecule has 3 N–H and O–H groups in total. The monoisotopic (exact) mass is 454 g/mol. The van der Waals surface area contributed by atoms with Crippen molar-refractivity contribution in [2.75, 3.05) is 0 Å². The van der Waals surface area contributed by atoms with Gasteiger partial charge in [0.05, 0.1) is 5.69 Å². The zero-order valence-corrected chi connectivity index (χ0v) is 19.1. The number of hydrogen-bond donors (Lipinski definition) is 2. The predicted octanol–water partition coefficient (Wildman–Crippen LogP) is 3.87. The molecular weight excluding hydrogens is 428 g/mol. The van der Waals surface area contributed by atoms with Crippen molar-refractivity contribution in [2.45, 2.75) is 32.9 Å². The summed E-state index contributed by atoms with van der Waals surface area (Å²) in [7, 11) is 0. The normalized spacial score (nSPS) is 11.8. The zero-order chi connectivity index (χ0) is 24.2. The van der Waals surface area contributed by atoms with Crippen molar-refractivity contribution in [1.29, 1.82) is 0 Å². The second-order valence-electron chi connectivity index (χ2n) is 8.47. The van der Waals surface area contributed by atoms with Gasteiger partial charge in [0.15, 0.2) is 5.78 Å². The van der Waals surface area contributed by atoms with E-state index in [4.69, 9.17) is 5.73 Å². The number of amides is 2. The highest BCUT2D eigenvalue weighted by Crippen LogP contribution is 2.29. The minimum absolute atomic E-state index is 0.0644. The lowest BCUT2D eigenvalue weighted by molar-refractivity contribution is -0.110. The van der Waals surface area contributed by atoms with Gasteiger partial charge in [-0.15, -0.1) is 0 Å². The Morgan fingerprint density at radius 1 is 1.12 bits per heavy atom. The fourth-order valence-electron chi connectivity index (χ4n) is 4.00. The summed E-state index contributed by atoms with van der Waals surface area (Å²) in [5.41, 5.74) is 10.7. The van der Waals surface area contributed by atoms with Crippen LogP contribution in [0.25, 0.3) is 22.2 Å². The molecular formula is C27H26N4O3. The molecule has 0 aliphatic rings. The lowest BCUT2D eigenvalue weighted by atomic mass is 10.0. The summed E-state index contributed by atoms with van der Waals surface area (Å²) in [5, 5.41) is 3.43. The van der Waals surface area contributed by atoms with E-state index in [0.717, 1.165) is 22.0 Å². The number of ketones is 1. The third-order valence-corrected chi connectivity index (χ3v) is 5.80. The van der Waals surface area contributed by atoms with Gasteiger partial charge in [-0.1, -0.05) is 42.0 Å². The summed E-state index contributed by atoms with van der Waals surface area (Å²) in [5.74, 6) is -0.662. The fourth-order valence-corrected chi connectivity index (χ4v) is 4.00. The maximum atomic E-state index is 13.2. The number of aryl methyl sites for hydroxylation is 1. The van der Waals surface area contributed by atoms with Crippen LogP contribution in [0.5, 0.6) is 0 Å². The van der Waals surface area contributed by atoms with Crippen LogP contribution >= 0.6 is 0 Å². The molecule has 0 aliphatic heterocycles. The van der Waals surface area contributed by atoms with Gasteiger partial charge in [0, 0.05) is 47.2 Å². The Morgan fingerprint density at radius 2 is 1.88 bits per heavy atom. The molecule has 0 unspecified atom stereocenters. The SMILES string of the molecule is Cc1ccc(Cn2cc(C(=O)C[C@@H](C)NC=O)c3cc(-c4cccc(C(N)=O)n4)ccc32)cc1. The summed E-state index contributed by atoms with van der Waals surface area (Å²) in [6, 6.07) is 18.9. The highest BCUT2D eigenvalue weighted by Gasteiger charge is 2.19. The number of carbonyl (C=O) groups is 3. The minimum atomic E-state index is -0.597. The Balaban J connectivity index is 1.79. The largest absolute Gasteiger partial charge is 0.364 e. The van der Waals surface area contributed by atoms with Crippen LogP contribution in [0, 0.1) is 6.92 Å². The molecule has 4 aromatic rings. The number of nitrogens with two attached hydrogens (primary N) is 1. The molecule has 0 saturated carbocycles. The summed E-state index contributed by atoms with van der Waals surface area (Å²) < 4.78 is 2.06. The van der Waals surface area contributed by atoms with E-state index in [-0.39, 0.29) is 23.9 Å². The van der Waals surface area contributed by atoms with Crippen LogP contribution in [0.2, 0.25) is 0 Å². The molecule has 0 bridgehead atoms. The number of benzene rings is 2. The number of rotatable bonds is 9. The van der Waals surface area contributed by atoms with Gasteiger partial charge in [0.2, 0.25) is 6.41 Å². The average molecular weight is 455 g/mol. The number of nitrogens with one attached hydrogen (secondary N) is 1. The second kappa shape index (κ2) is 9.70. The van der Waals surface area contributed by atoms with Gasteiger partial charge in [-0.3, -0.25) is 14.4 Å². The molecule has 1 atom stereocenters. The molecule has 2 amide bonds. The number of hydrogen-bond acceptors (Lipinski definition) is 4. The number of aromatic nitrogens is 2. The Labute approximate surface area is 197 Å². The summed E-state index contributed by atoms with van der Waals surface area (Å²) in [6.07, 6.45) is 2.66. The van der Waals surface area contributed by atoms with Crippen molar-refractivity contribution < 1.29 is 14.4 Å². The van der Waals surface area contributed by atoms with E-state index in [1.807, 2.05) is 31.3 Å². The van der Waals surface area contributed by atoms with Crippen molar-refractivity contribution in [1.82, 2.24) is 14.9 Å². The van der Waals surface area contributed by atoms with Gasteiger partial charge in [0.1, 0.15) is 5.69 Å². The highest BCUT2D eigenvalue weighted by molar-refractivity contribution is 6.09. The van der Waals surface area contributed by atoms with Crippen molar-refractivity contribution in [3.8, 4) is 11.3 Å². The summed E-state index contributed by atoms with van der Waals surface area (Å²) in [6.45, 7) is 4.45. The number of pyridine rings is 1. The molecule has 2 aromatic heterocycles. The van der Waals surface area contributed by atoms with E-state index in [1.165, 1.54) is 5.56 Å². The number of primary amides is 1. The smallest absolute Gasteiger partial charge is 0.267 e. The second-order valence-corrected chi connectivity index (χ2v) is 8.47. The van der Waals surface area contributed by atoms with Crippen molar-refractivity contribution in [3.63, 3.8) is 0 Å². The number of fused-ring (bicyclic) bond motifs is 1. The predicted molar refractivity (Wildman–Crippen MR) is 132 cm³/mol. The molecule has 2 aromatic carbocycles. The maximum absolute atomic E-state index is 13.2. The topological polar surface area (TPSA) is 107 Å². The van der Waals surface area contributed by atoms with Crippen LogP contribution < -0.4 is 11.1 Å². The molecule has 34 heavy (non-hydrogen) atoms. The first-order valence-electron chi connectivity index (χ1n) is 11.0. The number of nitrogens with zero attached hydrogens (tertiary/aromatic N) is 2. The fraction of sp³-hybridized carbons (Fsp3) is 0.185. The molecule has 0 saturated heterocycles. The molecule has 0 radical (unpaired) electrons. The Kier molecular flexibility index (Phi) is 6.54. The summed E-state index contributed by atoms with van der Waals surface area (Å²) >= 11 is 0. The molecule has 0 aliphatic carbocycles. The van der Waals surface area contributed by atoms with Gasteiger partial charge in [-0.25, -0.2) is 4.98 Å². The van der Waals surface area contributed by atoms with Crippen LogP contribution in [0.1, 0.15) is 45.3 Å². The minimum Gasteiger partial charge on any atom is -0.364 e. The van der Waals surface area contributed by atoms with Crippen molar-refractivity contribution >= 4 is 29.0 Å². The Hall–Kier alpha value is -4.26. The van der Waals surface area contributed by atoms with Crippen molar-refractivity contribution in [2.24, 2.45) is 5.73 Å². The lowest BCUT2D eigenvalue weighted by Gasteiger charge is -2.08. The first-order valence-corrected chi connectivity index (χ1v) is 11.0. The molecule has 172 valence electrons. The molecule has 4 rings (SSSR count). The van der Waals surface area contributed by atoms with Crippen molar-refractivity contribution in [3.05, 3.63) is 89.2 Å². The van der Waals surface area contributed by atoms with E-state index < -0.39 is 5.91 Å². The summed E-state index contributed by atoms with van der Waals surface area (Å²) in [4.78, 5) is 39.9. The number of carbonyl (C=O) groups excluding carboxylic acids is 3. The van der Waals surface area contributed by atoms with Gasteiger partial charge >= 0.3 is 0 Å². The molecule has 7 nitrogen and oxygen atoms in total. The van der Waals surface area contributed by atoms with E-state index >= 15 is 0 Å². The first kappa shape index (κ1) is 22.9. The Morgan fingerprint density at radius 3 is 2.59 bits per heavy atom. The average Bonchev–Trinajstić information content (AvgIpc) is 3.18. The zero-order valence-electron chi connectivity index (χ0n) is 19.1. The van der Waals surface area contributed by atoms with Gasteiger partial charge in [0.25, 0.3) is 5.91 Å². The molecule has 0 spiro atoms. The molecule has 7 heteroatoms. The van der Waals surface area contributed by atoms with Crippen LogP contribution in [0.3, 0.4) is 0 Å². The standard InChI is InChI=1S/C27H26N4O3/c1-17-6-8-19(9-7-17)14-31-15-22(26(33)12-18(2)29-16-32)21-13-20(10-11-25(21)31)23-4-3-5-24(30-23)27(28)34/h3-11,13,15-16,18H,12,14H2,1-2H3,(H2,28,34)(H,29,32)/t18-/m1/s1. The quantitative estimate of drug-likeness (QED) is 0.296. The van der Waals surface area contributed by atoms with E-state index in [9.17, 15) is 14.4 Å². The van der Waals surface area contributed by atoms with Gasteiger partial charge < -0.3 is 15.6 Å². The van der Waals surface area contributed by atoms with Gasteiger partial charge in [-0.2, -0.15) is 0 Å². The van der Waals surface area contributed by atoms with Crippen LogP contribution in [-0.2, 0) is 11.3 Å². The first-order chi connectivity index (χ1) is 16.4.